The minimum Gasteiger partial charge on any atom is -0.785 e. The molecule has 1 fully saturated rings. The summed E-state index contributed by atoms with van der Waals surface area (Å²) in [5.74, 6) is 0.368. The molecule has 1 unspecified atom stereocenters. The van der Waals surface area contributed by atoms with Gasteiger partial charge in [-0.2, -0.15) is 0 Å². The fourth-order valence-corrected chi connectivity index (χ4v) is 2.18. The maximum Gasteiger partial charge on any atom is 0.0120 e. The summed E-state index contributed by atoms with van der Waals surface area (Å²) in [4.78, 5) is 0. The Balaban J connectivity index is 2.02. The molecule has 0 N–H and O–H groups in total. The number of rotatable bonds is 0. The molecule has 1 saturated heterocycles. The maximum atomic E-state index is 11.1. The van der Waals surface area contributed by atoms with E-state index in [4.69, 9.17) is 0 Å². The molecule has 0 amide bonds. The zero-order valence-corrected chi connectivity index (χ0v) is 7.23. The van der Waals surface area contributed by atoms with E-state index in [0.29, 0.717) is 19.0 Å². The summed E-state index contributed by atoms with van der Waals surface area (Å²) in [5.41, 5.74) is 3.82. The molecule has 2 aliphatic carbocycles. The van der Waals surface area contributed by atoms with Gasteiger partial charge in [0.2, 0.25) is 0 Å². The van der Waals surface area contributed by atoms with Crippen LogP contribution >= 0.6 is 0 Å². The molecule has 1 atom stereocenters. The number of hydroxylamine groups is 2. The topological polar surface area (TPSA) is 26.3 Å². The highest BCUT2D eigenvalue weighted by Crippen LogP contribution is 2.34. The molecule has 0 aromatic carbocycles. The van der Waals surface area contributed by atoms with Gasteiger partial charge in [-0.1, -0.05) is 30.4 Å². The lowest BCUT2D eigenvalue weighted by molar-refractivity contribution is 0.461. The number of hydrogen-bond acceptors (Lipinski definition) is 2. The SMILES string of the molecule is [O-]N1CC2=CC3=CC=CC3=CC2C1. The Hall–Kier alpha value is -1.12. The number of nitrogens with zero attached hydrogens (tertiary/aromatic N) is 1. The molecule has 0 aromatic heterocycles. The predicted molar refractivity (Wildman–Crippen MR) is 51.8 cm³/mol. The predicted octanol–water partition coefficient (Wildman–Crippen LogP) is 1.78. The van der Waals surface area contributed by atoms with E-state index in [0.717, 1.165) is 5.06 Å². The standard InChI is InChI=1S/C11H10NO/c13-12-6-10-4-8-2-1-3-9(8)5-11(10)7-12/h1-5,10H,6-7H2/q-1. The van der Waals surface area contributed by atoms with Gasteiger partial charge in [0.1, 0.15) is 0 Å². The Labute approximate surface area is 77.1 Å². The zero-order valence-electron chi connectivity index (χ0n) is 7.23. The Morgan fingerprint density at radius 3 is 3.23 bits per heavy atom. The molecule has 3 aliphatic rings. The lowest BCUT2D eigenvalue weighted by Crippen LogP contribution is -2.10. The molecule has 1 aliphatic heterocycles. The molecule has 1 heterocycles. The van der Waals surface area contributed by atoms with Crippen LogP contribution in [0.25, 0.3) is 0 Å². The van der Waals surface area contributed by atoms with Crippen LogP contribution in [0.15, 0.2) is 47.1 Å². The summed E-state index contributed by atoms with van der Waals surface area (Å²) in [5, 5.41) is 12.3. The van der Waals surface area contributed by atoms with Crippen molar-refractivity contribution in [3.8, 4) is 0 Å². The minimum atomic E-state index is 0.368. The maximum absolute atomic E-state index is 11.1. The monoisotopic (exact) mass is 172 g/mol. The van der Waals surface area contributed by atoms with Crippen molar-refractivity contribution < 1.29 is 0 Å². The van der Waals surface area contributed by atoms with Gasteiger partial charge in [-0.15, -0.1) is 0 Å². The van der Waals surface area contributed by atoms with Crippen LogP contribution in [0.1, 0.15) is 0 Å². The first-order valence-electron chi connectivity index (χ1n) is 4.56. The summed E-state index contributed by atoms with van der Waals surface area (Å²) in [6.45, 7) is 1.22. The van der Waals surface area contributed by atoms with Gasteiger partial charge in [0.25, 0.3) is 0 Å². The van der Waals surface area contributed by atoms with Gasteiger partial charge in [-0.05, 0) is 23.3 Å². The van der Waals surface area contributed by atoms with Crippen LogP contribution in [0.2, 0.25) is 0 Å². The van der Waals surface area contributed by atoms with E-state index >= 15 is 0 Å². The van der Waals surface area contributed by atoms with Crippen LogP contribution in [0, 0.1) is 11.1 Å². The van der Waals surface area contributed by atoms with Crippen molar-refractivity contribution in [2.45, 2.75) is 0 Å². The molecule has 2 heteroatoms. The molecule has 3 rings (SSSR count). The quantitative estimate of drug-likeness (QED) is 0.556. The van der Waals surface area contributed by atoms with Gasteiger partial charge in [-0.25, -0.2) is 0 Å². The Bertz CT molecular complexity index is 374. The van der Waals surface area contributed by atoms with Gasteiger partial charge in [0.15, 0.2) is 0 Å². The van der Waals surface area contributed by atoms with Crippen LogP contribution in [0.5, 0.6) is 0 Å². The van der Waals surface area contributed by atoms with Crippen LogP contribution in [-0.4, -0.2) is 18.2 Å². The number of hydrogen-bond donors (Lipinski definition) is 0. The lowest BCUT2D eigenvalue weighted by Gasteiger charge is -2.19. The van der Waals surface area contributed by atoms with Crippen LogP contribution in [-0.2, 0) is 0 Å². The summed E-state index contributed by atoms with van der Waals surface area (Å²) in [6.07, 6.45) is 10.6. The first kappa shape index (κ1) is 7.30. The van der Waals surface area contributed by atoms with E-state index in [2.05, 4.69) is 30.4 Å². The largest absolute Gasteiger partial charge is 0.785 e. The fourth-order valence-electron chi connectivity index (χ4n) is 2.18. The third-order valence-corrected chi connectivity index (χ3v) is 2.84. The summed E-state index contributed by atoms with van der Waals surface area (Å²) < 4.78 is 0. The number of allylic oxidation sites excluding steroid dienone is 6. The third-order valence-electron chi connectivity index (χ3n) is 2.84. The molecule has 2 nitrogen and oxygen atoms in total. The summed E-state index contributed by atoms with van der Waals surface area (Å²) >= 11 is 0. The van der Waals surface area contributed by atoms with Gasteiger partial charge in [-0.3, -0.25) is 0 Å². The number of fused-ring (bicyclic) bond motifs is 2. The van der Waals surface area contributed by atoms with Crippen LogP contribution in [0.3, 0.4) is 0 Å². The smallest absolute Gasteiger partial charge is 0.0120 e. The zero-order chi connectivity index (χ0) is 8.84. The molecule has 0 bridgehead atoms. The average Bonchev–Trinajstić information content (AvgIpc) is 2.63. The third kappa shape index (κ3) is 1.03. The molecule has 13 heavy (non-hydrogen) atoms. The van der Waals surface area contributed by atoms with Crippen molar-refractivity contribution in [3.63, 3.8) is 0 Å². The van der Waals surface area contributed by atoms with Crippen LogP contribution < -0.4 is 0 Å². The second-order valence-corrected chi connectivity index (χ2v) is 3.75. The lowest BCUT2D eigenvalue weighted by atomic mass is 9.90. The van der Waals surface area contributed by atoms with Crippen molar-refractivity contribution >= 4 is 0 Å². The van der Waals surface area contributed by atoms with Crippen molar-refractivity contribution in [3.05, 3.63) is 52.3 Å². The summed E-state index contributed by atoms with van der Waals surface area (Å²) in [6, 6.07) is 0. The van der Waals surface area contributed by atoms with E-state index in [1.807, 2.05) is 0 Å². The van der Waals surface area contributed by atoms with E-state index < -0.39 is 0 Å². The Kier molecular flexibility index (Phi) is 1.37. The normalized spacial score (nSPS) is 30.8. The fraction of sp³-hybridized carbons (Fsp3) is 0.273. The second-order valence-electron chi connectivity index (χ2n) is 3.75. The van der Waals surface area contributed by atoms with E-state index in [1.165, 1.54) is 16.7 Å². The van der Waals surface area contributed by atoms with Crippen LogP contribution in [0.4, 0.5) is 0 Å². The first-order chi connectivity index (χ1) is 6.33. The first-order valence-corrected chi connectivity index (χ1v) is 4.56. The van der Waals surface area contributed by atoms with E-state index in [9.17, 15) is 5.21 Å². The highest BCUT2D eigenvalue weighted by molar-refractivity contribution is 5.58. The average molecular weight is 172 g/mol. The molecule has 66 valence electrons. The molecule has 0 spiro atoms. The molecular formula is C11H10NO-. The van der Waals surface area contributed by atoms with E-state index in [-0.39, 0.29) is 0 Å². The van der Waals surface area contributed by atoms with Crippen molar-refractivity contribution in [1.82, 2.24) is 5.06 Å². The highest BCUT2D eigenvalue weighted by Gasteiger charge is 2.25. The van der Waals surface area contributed by atoms with Crippen molar-refractivity contribution in [2.24, 2.45) is 5.92 Å². The molecule has 0 saturated carbocycles. The van der Waals surface area contributed by atoms with Crippen molar-refractivity contribution in [1.29, 1.82) is 0 Å². The Morgan fingerprint density at radius 1 is 1.38 bits per heavy atom. The molecule has 0 aromatic rings. The minimum absolute atomic E-state index is 0.368. The van der Waals surface area contributed by atoms with Gasteiger partial charge >= 0.3 is 0 Å². The van der Waals surface area contributed by atoms with Gasteiger partial charge in [0.05, 0.1) is 0 Å². The Morgan fingerprint density at radius 2 is 2.31 bits per heavy atom. The van der Waals surface area contributed by atoms with Gasteiger partial charge < -0.3 is 10.3 Å². The van der Waals surface area contributed by atoms with Crippen molar-refractivity contribution in [2.75, 3.05) is 13.1 Å². The second kappa shape index (κ2) is 2.44. The molecular weight excluding hydrogens is 162 g/mol. The summed E-state index contributed by atoms with van der Waals surface area (Å²) in [7, 11) is 0. The van der Waals surface area contributed by atoms with E-state index in [1.54, 1.807) is 0 Å². The molecule has 0 radical (unpaired) electrons. The van der Waals surface area contributed by atoms with Gasteiger partial charge in [0, 0.05) is 12.5 Å². The highest BCUT2D eigenvalue weighted by atomic mass is 16.5.